The second-order valence-corrected chi connectivity index (χ2v) is 7.79. The maximum Gasteiger partial charge on any atom is 0.226 e. The fraction of sp³-hybridized carbons (Fsp3) is 0.471. The van der Waals surface area contributed by atoms with E-state index in [1.165, 1.54) is 17.7 Å². The molecule has 120 valence electrons. The molecular formula is C17H21N5S. The van der Waals surface area contributed by atoms with Gasteiger partial charge in [0.25, 0.3) is 0 Å². The van der Waals surface area contributed by atoms with E-state index in [0.29, 0.717) is 6.04 Å². The zero-order valence-electron chi connectivity index (χ0n) is 13.5. The lowest BCUT2D eigenvalue weighted by atomic mass is 10.1. The number of nitrogens with one attached hydrogen (secondary N) is 1. The highest BCUT2D eigenvalue weighted by atomic mass is 32.2. The third-order valence-electron chi connectivity index (χ3n) is 4.78. The van der Waals surface area contributed by atoms with E-state index < -0.39 is 10.7 Å². The van der Waals surface area contributed by atoms with Gasteiger partial charge in [0.15, 0.2) is 0 Å². The van der Waals surface area contributed by atoms with Gasteiger partial charge in [-0.05, 0) is 51.0 Å². The van der Waals surface area contributed by atoms with E-state index in [-0.39, 0.29) is 0 Å². The molecule has 1 N–H and O–H groups in total. The van der Waals surface area contributed by atoms with E-state index in [0.717, 1.165) is 48.2 Å². The van der Waals surface area contributed by atoms with Crippen LogP contribution in [-0.4, -0.2) is 33.8 Å². The van der Waals surface area contributed by atoms with Crippen molar-refractivity contribution in [1.82, 2.24) is 15.0 Å². The summed E-state index contributed by atoms with van der Waals surface area (Å²) in [5.74, 6) is 0.855. The summed E-state index contributed by atoms with van der Waals surface area (Å²) < 4.78 is 7.93. The van der Waals surface area contributed by atoms with Crippen LogP contribution in [0, 0.1) is 4.78 Å². The molecule has 1 unspecified atom stereocenters. The largest absolute Gasteiger partial charge is 0.338 e. The maximum absolute atomic E-state index is 7.93. The van der Waals surface area contributed by atoms with Crippen LogP contribution in [0.2, 0.25) is 0 Å². The number of hydrogen-bond donors (Lipinski definition) is 1. The van der Waals surface area contributed by atoms with Crippen molar-refractivity contribution in [2.24, 2.45) is 0 Å². The molecule has 2 aromatic heterocycles. The summed E-state index contributed by atoms with van der Waals surface area (Å²) in [5.41, 5.74) is 4.32. The second kappa shape index (κ2) is 5.67. The molecule has 2 atom stereocenters. The van der Waals surface area contributed by atoms with Gasteiger partial charge in [-0.1, -0.05) is 16.8 Å². The van der Waals surface area contributed by atoms with Gasteiger partial charge in [-0.15, -0.1) is 0 Å². The third kappa shape index (κ3) is 2.55. The number of fused-ring (bicyclic) bond motifs is 1. The molecule has 1 fully saturated rings. The van der Waals surface area contributed by atoms with E-state index in [1.54, 1.807) is 0 Å². The maximum atomic E-state index is 7.93. The average Bonchev–Trinajstić information content (AvgIpc) is 3.01. The van der Waals surface area contributed by atoms with Gasteiger partial charge < -0.3 is 4.90 Å². The Balaban J connectivity index is 1.84. The van der Waals surface area contributed by atoms with Gasteiger partial charge in [-0.2, -0.15) is 0 Å². The van der Waals surface area contributed by atoms with Crippen molar-refractivity contribution in [2.75, 3.05) is 17.7 Å². The van der Waals surface area contributed by atoms with Crippen molar-refractivity contribution in [3.63, 3.8) is 0 Å². The van der Waals surface area contributed by atoms with Crippen molar-refractivity contribution >= 4 is 16.6 Å². The fourth-order valence-corrected chi connectivity index (χ4v) is 3.81. The summed E-state index contributed by atoms with van der Waals surface area (Å²) in [5, 5.41) is 0.826. The summed E-state index contributed by atoms with van der Waals surface area (Å²) in [6, 6.07) is 6.46. The monoisotopic (exact) mass is 327 g/mol. The number of rotatable bonds is 3. The molecule has 0 amide bonds. The zero-order valence-corrected chi connectivity index (χ0v) is 14.4. The van der Waals surface area contributed by atoms with Crippen LogP contribution in [0.15, 0.2) is 23.2 Å². The summed E-state index contributed by atoms with van der Waals surface area (Å²) in [7, 11) is -0.587. The average molecular weight is 327 g/mol. The lowest BCUT2D eigenvalue weighted by molar-refractivity contribution is 0.470. The van der Waals surface area contributed by atoms with Crippen LogP contribution < -0.4 is 4.90 Å². The topological polar surface area (TPSA) is 65.8 Å². The smallest absolute Gasteiger partial charge is 0.226 e. The highest BCUT2D eigenvalue weighted by molar-refractivity contribution is 7.85. The molecule has 0 bridgehead atoms. The Kier molecular flexibility index (Phi) is 3.64. The molecular weight excluding hydrogens is 306 g/mol. The molecule has 4 rings (SSSR count). The molecule has 1 saturated heterocycles. The highest BCUT2D eigenvalue weighted by Crippen LogP contribution is 2.33. The molecule has 0 aromatic carbocycles. The normalized spacial score (nSPS) is 21.0. The molecule has 5 nitrogen and oxygen atoms in total. The van der Waals surface area contributed by atoms with Crippen LogP contribution in [0.25, 0.3) is 11.4 Å². The summed E-state index contributed by atoms with van der Waals surface area (Å²) >= 11 is 0. The van der Waals surface area contributed by atoms with Crippen LogP contribution in [0.1, 0.15) is 31.0 Å². The van der Waals surface area contributed by atoms with E-state index in [9.17, 15) is 0 Å². The van der Waals surface area contributed by atoms with Gasteiger partial charge in [0.2, 0.25) is 5.95 Å². The molecule has 2 aromatic rings. The van der Waals surface area contributed by atoms with Crippen molar-refractivity contribution in [3.05, 3.63) is 29.5 Å². The Labute approximate surface area is 139 Å². The van der Waals surface area contributed by atoms with Crippen molar-refractivity contribution in [1.29, 1.82) is 4.78 Å². The van der Waals surface area contributed by atoms with Crippen molar-refractivity contribution < 1.29 is 0 Å². The molecule has 6 heteroatoms. The van der Waals surface area contributed by atoms with Gasteiger partial charge in [0, 0.05) is 23.8 Å². The Morgan fingerprint density at radius 2 is 2.09 bits per heavy atom. The molecule has 1 aliphatic carbocycles. The van der Waals surface area contributed by atoms with Crippen molar-refractivity contribution in [2.45, 2.75) is 43.7 Å². The molecule has 23 heavy (non-hydrogen) atoms. The standard InChI is InChI=1S/C17H21N5S/c1-11-9-10-22(11)17-20-13-6-3-5-12(13)16(21-17)14-7-4-8-15(19-14)23(2)18/h4,7-8,11,18H,3,5-6,9-10H2,1-2H3/t11-,23?/m0/s1. The fourth-order valence-electron chi connectivity index (χ4n) is 3.29. The van der Waals surface area contributed by atoms with Crippen LogP contribution in [0.4, 0.5) is 5.95 Å². The second-order valence-electron chi connectivity index (χ2n) is 6.35. The Hall–Kier alpha value is -1.82. The number of pyridine rings is 1. The zero-order chi connectivity index (χ0) is 16.0. The van der Waals surface area contributed by atoms with Gasteiger partial charge in [0.05, 0.1) is 11.4 Å². The first-order valence-corrected chi connectivity index (χ1v) is 9.78. The Bertz CT molecular complexity index is 789. The van der Waals surface area contributed by atoms with Crippen molar-refractivity contribution in [3.8, 4) is 11.4 Å². The van der Waals surface area contributed by atoms with Crippen LogP contribution >= 0.6 is 0 Å². The van der Waals surface area contributed by atoms with Crippen LogP contribution in [-0.2, 0) is 23.5 Å². The number of hydrogen-bond acceptors (Lipinski definition) is 5. The minimum Gasteiger partial charge on any atom is -0.338 e. The first kappa shape index (κ1) is 14.8. The lowest BCUT2D eigenvalue weighted by Crippen LogP contribution is -2.46. The van der Waals surface area contributed by atoms with Gasteiger partial charge in [-0.25, -0.2) is 15.0 Å². The molecule has 2 aliphatic rings. The predicted octanol–water partition coefficient (Wildman–Crippen LogP) is 3.00. The van der Waals surface area contributed by atoms with Crippen LogP contribution in [0.3, 0.4) is 0 Å². The molecule has 0 radical (unpaired) electrons. The van der Waals surface area contributed by atoms with Gasteiger partial charge in [-0.3, -0.25) is 4.78 Å². The summed E-state index contributed by atoms with van der Waals surface area (Å²) in [6.45, 7) is 3.26. The van der Waals surface area contributed by atoms with E-state index >= 15 is 0 Å². The number of nitrogens with zero attached hydrogens (tertiary/aromatic N) is 4. The minimum atomic E-state index is -0.587. The summed E-state index contributed by atoms with van der Waals surface area (Å²) in [4.78, 5) is 16.7. The quantitative estimate of drug-likeness (QED) is 0.941. The van der Waals surface area contributed by atoms with E-state index in [1.807, 2.05) is 24.5 Å². The van der Waals surface area contributed by atoms with Gasteiger partial charge in [0.1, 0.15) is 5.03 Å². The molecule has 0 spiro atoms. The number of aromatic nitrogens is 3. The molecule has 3 heterocycles. The SMILES string of the molecule is C[C@H]1CCN1c1nc2c(c(-c3cccc(S(C)=N)n3)n1)CCC2. The predicted molar refractivity (Wildman–Crippen MR) is 93.0 cm³/mol. The number of anilines is 1. The first-order chi connectivity index (χ1) is 11.1. The van der Waals surface area contributed by atoms with Gasteiger partial charge >= 0.3 is 0 Å². The molecule has 1 aliphatic heterocycles. The Morgan fingerprint density at radius 3 is 2.78 bits per heavy atom. The lowest BCUT2D eigenvalue weighted by Gasteiger charge is -2.39. The van der Waals surface area contributed by atoms with Crippen LogP contribution in [0.5, 0.6) is 0 Å². The molecule has 0 saturated carbocycles. The number of aryl methyl sites for hydroxylation is 1. The Morgan fingerprint density at radius 1 is 1.22 bits per heavy atom. The first-order valence-electron chi connectivity index (χ1n) is 8.14. The highest BCUT2D eigenvalue weighted by Gasteiger charge is 2.29. The minimum absolute atomic E-state index is 0.524. The van der Waals surface area contributed by atoms with E-state index in [2.05, 4.69) is 11.8 Å². The summed E-state index contributed by atoms with van der Waals surface area (Å²) in [6.07, 6.45) is 6.30. The van der Waals surface area contributed by atoms with E-state index in [4.69, 9.17) is 19.7 Å². The third-order valence-corrected chi connectivity index (χ3v) is 5.63.